The van der Waals surface area contributed by atoms with E-state index in [0.717, 1.165) is 13.2 Å². The van der Waals surface area contributed by atoms with E-state index in [4.69, 9.17) is 0 Å². The van der Waals surface area contributed by atoms with Gasteiger partial charge < -0.3 is 4.90 Å². The van der Waals surface area contributed by atoms with E-state index in [1.54, 1.807) is 0 Å². The van der Waals surface area contributed by atoms with Gasteiger partial charge in [0.15, 0.2) is 0 Å². The number of rotatable bonds is 2. The molecule has 0 radical (unpaired) electrons. The second-order valence-electron chi connectivity index (χ2n) is 3.99. The van der Waals surface area contributed by atoms with Gasteiger partial charge in [0.2, 0.25) is 5.91 Å². The fourth-order valence-corrected chi connectivity index (χ4v) is 1.47. The predicted octanol–water partition coefficient (Wildman–Crippen LogP) is 0.176. The van der Waals surface area contributed by atoms with Gasteiger partial charge in [0.05, 0.1) is 13.2 Å². The zero-order valence-electron chi connectivity index (χ0n) is 6.89. The standard InChI is InChI=1S/C8H14N2O/c1-8(2-3-8)5-10-6-9-4-7(10)11/h9H,2-6H2,1H3. The number of amides is 1. The molecule has 2 fully saturated rings. The molecule has 1 saturated carbocycles. The van der Waals surface area contributed by atoms with Crippen molar-refractivity contribution in [3.8, 4) is 0 Å². The molecule has 2 aliphatic rings. The van der Waals surface area contributed by atoms with E-state index in [9.17, 15) is 4.79 Å². The lowest BCUT2D eigenvalue weighted by atomic mass is 10.1. The van der Waals surface area contributed by atoms with Crippen molar-refractivity contribution in [1.29, 1.82) is 0 Å². The molecular formula is C8H14N2O. The van der Waals surface area contributed by atoms with Crippen LogP contribution in [-0.2, 0) is 4.79 Å². The molecule has 0 aromatic heterocycles. The summed E-state index contributed by atoms with van der Waals surface area (Å²) in [5.41, 5.74) is 0.460. The highest BCUT2D eigenvalue weighted by Gasteiger charge is 2.40. The van der Waals surface area contributed by atoms with E-state index in [1.807, 2.05) is 4.90 Å². The molecule has 1 aliphatic heterocycles. The molecule has 62 valence electrons. The van der Waals surface area contributed by atoms with Gasteiger partial charge in [-0.05, 0) is 18.3 Å². The molecule has 1 N–H and O–H groups in total. The smallest absolute Gasteiger partial charge is 0.237 e. The van der Waals surface area contributed by atoms with Crippen LogP contribution in [0.25, 0.3) is 0 Å². The quantitative estimate of drug-likeness (QED) is 0.615. The summed E-state index contributed by atoms with van der Waals surface area (Å²) >= 11 is 0. The lowest BCUT2D eigenvalue weighted by Crippen LogP contribution is -2.31. The van der Waals surface area contributed by atoms with Crippen molar-refractivity contribution in [2.24, 2.45) is 5.41 Å². The Kier molecular flexibility index (Phi) is 1.42. The van der Waals surface area contributed by atoms with Crippen molar-refractivity contribution < 1.29 is 4.79 Å². The summed E-state index contributed by atoms with van der Waals surface area (Å²) in [5.74, 6) is 0.262. The van der Waals surface area contributed by atoms with Crippen LogP contribution in [0.4, 0.5) is 0 Å². The van der Waals surface area contributed by atoms with E-state index in [1.165, 1.54) is 12.8 Å². The van der Waals surface area contributed by atoms with Crippen molar-refractivity contribution in [3.05, 3.63) is 0 Å². The van der Waals surface area contributed by atoms with Crippen LogP contribution in [0.1, 0.15) is 19.8 Å². The predicted molar refractivity (Wildman–Crippen MR) is 41.9 cm³/mol. The SMILES string of the molecule is CC1(CN2CNCC2=O)CC1. The molecule has 0 aromatic rings. The topological polar surface area (TPSA) is 32.3 Å². The molecule has 1 aliphatic carbocycles. The minimum Gasteiger partial charge on any atom is -0.328 e. The lowest BCUT2D eigenvalue weighted by molar-refractivity contribution is -0.127. The Labute approximate surface area is 66.8 Å². The summed E-state index contributed by atoms with van der Waals surface area (Å²) in [7, 11) is 0. The number of hydrogen-bond donors (Lipinski definition) is 1. The van der Waals surface area contributed by atoms with Crippen molar-refractivity contribution in [3.63, 3.8) is 0 Å². The zero-order valence-corrected chi connectivity index (χ0v) is 6.89. The highest BCUT2D eigenvalue weighted by Crippen LogP contribution is 2.45. The van der Waals surface area contributed by atoms with Crippen molar-refractivity contribution in [2.45, 2.75) is 19.8 Å². The van der Waals surface area contributed by atoms with Crippen molar-refractivity contribution in [1.82, 2.24) is 10.2 Å². The maximum atomic E-state index is 11.1. The van der Waals surface area contributed by atoms with E-state index >= 15 is 0 Å². The van der Waals surface area contributed by atoms with E-state index in [2.05, 4.69) is 12.2 Å². The van der Waals surface area contributed by atoms with Crippen LogP contribution in [0.15, 0.2) is 0 Å². The van der Waals surface area contributed by atoms with Gasteiger partial charge in [-0.3, -0.25) is 10.1 Å². The van der Waals surface area contributed by atoms with Gasteiger partial charge >= 0.3 is 0 Å². The number of hydrogen-bond acceptors (Lipinski definition) is 2. The van der Waals surface area contributed by atoms with Crippen LogP contribution in [0.3, 0.4) is 0 Å². The largest absolute Gasteiger partial charge is 0.328 e. The minimum absolute atomic E-state index is 0.262. The minimum atomic E-state index is 0.262. The summed E-state index contributed by atoms with van der Waals surface area (Å²) in [4.78, 5) is 13.1. The van der Waals surface area contributed by atoms with Gasteiger partial charge in [0.25, 0.3) is 0 Å². The number of carbonyl (C=O) groups excluding carboxylic acids is 1. The maximum absolute atomic E-state index is 11.1. The molecule has 0 spiro atoms. The molecule has 0 atom stereocenters. The van der Waals surface area contributed by atoms with Crippen LogP contribution in [0.2, 0.25) is 0 Å². The Morgan fingerprint density at radius 2 is 2.36 bits per heavy atom. The van der Waals surface area contributed by atoms with Crippen LogP contribution in [-0.4, -0.2) is 30.6 Å². The Hall–Kier alpha value is -0.570. The normalized spacial score (nSPS) is 27.7. The highest BCUT2D eigenvalue weighted by molar-refractivity contribution is 5.80. The molecule has 11 heavy (non-hydrogen) atoms. The van der Waals surface area contributed by atoms with Gasteiger partial charge in [0, 0.05) is 6.54 Å². The molecule has 0 unspecified atom stereocenters. The summed E-state index contributed by atoms with van der Waals surface area (Å²) in [6.07, 6.45) is 2.58. The van der Waals surface area contributed by atoms with Crippen LogP contribution in [0, 0.1) is 5.41 Å². The summed E-state index contributed by atoms with van der Waals surface area (Å²) < 4.78 is 0. The monoisotopic (exact) mass is 154 g/mol. The fourth-order valence-electron chi connectivity index (χ4n) is 1.47. The summed E-state index contributed by atoms with van der Waals surface area (Å²) in [5, 5.41) is 3.05. The molecule has 1 amide bonds. The van der Waals surface area contributed by atoms with Crippen LogP contribution >= 0.6 is 0 Å². The molecule has 0 aromatic carbocycles. The van der Waals surface area contributed by atoms with Crippen LogP contribution in [0.5, 0.6) is 0 Å². The molecule has 1 heterocycles. The molecular weight excluding hydrogens is 140 g/mol. The fraction of sp³-hybridized carbons (Fsp3) is 0.875. The second kappa shape index (κ2) is 2.21. The average molecular weight is 154 g/mol. The van der Waals surface area contributed by atoms with Crippen molar-refractivity contribution >= 4 is 5.91 Å². The zero-order chi connectivity index (χ0) is 7.90. The molecule has 3 nitrogen and oxygen atoms in total. The first-order valence-corrected chi connectivity index (χ1v) is 4.18. The van der Waals surface area contributed by atoms with Gasteiger partial charge in [-0.2, -0.15) is 0 Å². The number of carbonyl (C=O) groups is 1. The first kappa shape index (κ1) is 7.10. The van der Waals surface area contributed by atoms with Gasteiger partial charge in [0.1, 0.15) is 0 Å². The molecule has 0 bridgehead atoms. The van der Waals surface area contributed by atoms with E-state index < -0.39 is 0 Å². The van der Waals surface area contributed by atoms with Gasteiger partial charge in [-0.25, -0.2) is 0 Å². The first-order valence-electron chi connectivity index (χ1n) is 4.18. The maximum Gasteiger partial charge on any atom is 0.237 e. The third kappa shape index (κ3) is 1.38. The Morgan fingerprint density at radius 1 is 1.64 bits per heavy atom. The number of nitrogens with one attached hydrogen (secondary N) is 1. The molecule has 2 rings (SSSR count). The number of nitrogens with zero attached hydrogens (tertiary/aromatic N) is 1. The van der Waals surface area contributed by atoms with Crippen molar-refractivity contribution in [2.75, 3.05) is 19.8 Å². The van der Waals surface area contributed by atoms with Gasteiger partial charge in [-0.1, -0.05) is 6.92 Å². The third-order valence-corrected chi connectivity index (χ3v) is 2.61. The third-order valence-electron chi connectivity index (χ3n) is 2.61. The molecule has 1 saturated heterocycles. The Morgan fingerprint density at radius 3 is 2.82 bits per heavy atom. The van der Waals surface area contributed by atoms with Crippen LogP contribution < -0.4 is 5.32 Å². The summed E-state index contributed by atoms with van der Waals surface area (Å²) in [6, 6.07) is 0. The van der Waals surface area contributed by atoms with E-state index in [0.29, 0.717) is 12.0 Å². The lowest BCUT2D eigenvalue weighted by Gasteiger charge is -2.18. The Balaban J connectivity index is 1.90. The molecule has 3 heteroatoms. The summed E-state index contributed by atoms with van der Waals surface area (Å²) in [6.45, 7) is 4.50. The average Bonchev–Trinajstić information content (AvgIpc) is 2.54. The first-order chi connectivity index (χ1) is 5.20. The van der Waals surface area contributed by atoms with Gasteiger partial charge in [-0.15, -0.1) is 0 Å². The highest BCUT2D eigenvalue weighted by atomic mass is 16.2. The van der Waals surface area contributed by atoms with E-state index in [-0.39, 0.29) is 5.91 Å². The Bertz CT molecular complexity index is 187. The second-order valence-corrected chi connectivity index (χ2v) is 3.99.